The summed E-state index contributed by atoms with van der Waals surface area (Å²) in [7, 11) is 2.03. The molecule has 2 unspecified atom stereocenters. The quantitative estimate of drug-likeness (QED) is 0.867. The van der Waals surface area contributed by atoms with Crippen molar-refractivity contribution in [3.63, 3.8) is 0 Å². The van der Waals surface area contributed by atoms with Gasteiger partial charge >= 0.3 is 5.97 Å². The van der Waals surface area contributed by atoms with E-state index in [1.807, 2.05) is 7.05 Å². The summed E-state index contributed by atoms with van der Waals surface area (Å²) in [6.07, 6.45) is 1.80. The van der Waals surface area contributed by atoms with E-state index in [4.69, 9.17) is 5.11 Å². The first-order valence-electron chi connectivity index (χ1n) is 6.48. The second kappa shape index (κ2) is 5.11. The monoisotopic (exact) mass is 247 g/mol. The lowest BCUT2D eigenvalue weighted by atomic mass is 10.0. The third-order valence-corrected chi connectivity index (χ3v) is 3.88. The SMILES string of the molecule is Cc1ccc(C)c(CCN(C)C2CC2C(=O)O)c1. The standard InChI is InChI=1S/C15H21NO2/c1-10-4-5-11(2)12(8-10)6-7-16(3)14-9-13(14)15(17)18/h4-5,8,13-14H,6-7,9H2,1-3H3,(H,17,18). The summed E-state index contributed by atoms with van der Waals surface area (Å²) in [6.45, 7) is 5.17. The van der Waals surface area contributed by atoms with Gasteiger partial charge in [-0.25, -0.2) is 0 Å². The predicted molar refractivity (Wildman–Crippen MR) is 71.8 cm³/mol. The number of benzene rings is 1. The fourth-order valence-corrected chi connectivity index (χ4v) is 2.47. The maximum Gasteiger partial charge on any atom is 0.308 e. The molecule has 3 heteroatoms. The molecule has 1 fully saturated rings. The van der Waals surface area contributed by atoms with Gasteiger partial charge in [0.25, 0.3) is 0 Å². The van der Waals surface area contributed by atoms with Crippen LogP contribution in [0, 0.1) is 19.8 Å². The van der Waals surface area contributed by atoms with Gasteiger partial charge in [-0.05, 0) is 44.9 Å². The second-order valence-electron chi connectivity index (χ2n) is 5.41. The molecule has 2 atom stereocenters. The van der Waals surface area contributed by atoms with Gasteiger partial charge in [0.2, 0.25) is 0 Å². The van der Waals surface area contributed by atoms with Crippen LogP contribution in [0.5, 0.6) is 0 Å². The molecule has 0 bridgehead atoms. The smallest absolute Gasteiger partial charge is 0.308 e. The molecule has 0 radical (unpaired) electrons. The minimum atomic E-state index is -0.654. The number of nitrogens with zero attached hydrogens (tertiary/aromatic N) is 1. The maximum absolute atomic E-state index is 10.8. The van der Waals surface area contributed by atoms with Gasteiger partial charge in [-0.1, -0.05) is 23.8 Å². The number of aryl methyl sites for hydroxylation is 2. The van der Waals surface area contributed by atoms with Crippen molar-refractivity contribution in [3.05, 3.63) is 34.9 Å². The first-order chi connectivity index (χ1) is 8.49. The summed E-state index contributed by atoms with van der Waals surface area (Å²) in [5.74, 6) is -0.799. The van der Waals surface area contributed by atoms with Crippen LogP contribution in [0.15, 0.2) is 18.2 Å². The molecule has 0 spiro atoms. The van der Waals surface area contributed by atoms with E-state index < -0.39 is 5.97 Å². The average Bonchev–Trinajstić information content (AvgIpc) is 3.10. The van der Waals surface area contributed by atoms with Gasteiger partial charge < -0.3 is 10.0 Å². The zero-order chi connectivity index (χ0) is 13.3. The van der Waals surface area contributed by atoms with Crippen molar-refractivity contribution in [2.45, 2.75) is 32.7 Å². The Morgan fingerprint density at radius 3 is 2.78 bits per heavy atom. The van der Waals surface area contributed by atoms with E-state index >= 15 is 0 Å². The molecule has 1 aromatic carbocycles. The summed E-state index contributed by atoms with van der Waals surface area (Å²) >= 11 is 0. The lowest BCUT2D eigenvalue weighted by molar-refractivity contribution is -0.138. The van der Waals surface area contributed by atoms with Crippen molar-refractivity contribution in [1.29, 1.82) is 0 Å². The van der Waals surface area contributed by atoms with Crippen LogP contribution >= 0.6 is 0 Å². The summed E-state index contributed by atoms with van der Waals surface area (Å²) in [5.41, 5.74) is 3.97. The van der Waals surface area contributed by atoms with Crippen molar-refractivity contribution in [3.8, 4) is 0 Å². The highest BCUT2D eigenvalue weighted by molar-refractivity contribution is 5.74. The molecule has 1 N–H and O–H groups in total. The Morgan fingerprint density at radius 2 is 2.17 bits per heavy atom. The zero-order valence-corrected chi connectivity index (χ0v) is 11.3. The minimum absolute atomic E-state index is 0.145. The van der Waals surface area contributed by atoms with Crippen LogP contribution in [-0.4, -0.2) is 35.6 Å². The molecule has 2 rings (SSSR count). The highest BCUT2D eigenvalue weighted by atomic mass is 16.4. The van der Waals surface area contributed by atoms with E-state index in [0.29, 0.717) is 0 Å². The summed E-state index contributed by atoms with van der Waals surface area (Å²) < 4.78 is 0. The number of carbonyl (C=O) groups is 1. The normalized spacial score (nSPS) is 22.2. The maximum atomic E-state index is 10.8. The van der Waals surface area contributed by atoms with Gasteiger partial charge in [-0.2, -0.15) is 0 Å². The lowest BCUT2D eigenvalue weighted by Gasteiger charge is -2.17. The van der Waals surface area contributed by atoms with Gasteiger partial charge in [0.1, 0.15) is 0 Å². The molecule has 1 aliphatic carbocycles. The number of hydrogen-bond acceptors (Lipinski definition) is 2. The molecule has 18 heavy (non-hydrogen) atoms. The summed E-state index contributed by atoms with van der Waals surface area (Å²) in [6, 6.07) is 6.75. The first kappa shape index (κ1) is 13.1. The lowest BCUT2D eigenvalue weighted by Crippen LogP contribution is -2.26. The third kappa shape index (κ3) is 2.91. The molecular formula is C15H21NO2. The number of carboxylic acids is 1. The fourth-order valence-electron chi connectivity index (χ4n) is 2.47. The first-order valence-corrected chi connectivity index (χ1v) is 6.48. The molecule has 98 valence electrons. The Labute approximate surface area is 108 Å². The Kier molecular flexibility index (Phi) is 3.71. The minimum Gasteiger partial charge on any atom is -0.481 e. The number of aliphatic carboxylic acids is 1. The van der Waals surface area contributed by atoms with Gasteiger partial charge in [-0.3, -0.25) is 4.79 Å². The van der Waals surface area contributed by atoms with Crippen LogP contribution in [0.25, 0.3) is 0 Å². The molecule has 0 saturated heterocycles. The molecule has 0 amide bonds. The van der Waals surface area contributed by atoms with E-state index in [2.05, 4.69) is 36.9 Å². The van der Waals surface area contributed by atoms with E-state index in [-0.39, 0.29) is 12.0 Å². The highest BCUT2D eigenvalue weighted by Gasteiger charge is 2.45. The van der Waals surface area contributed by atoms with Crippen molar-refractivity contribution < 1.29 is 9.90 Å². The Balaban J connectivity index is 1.88. The third-order valence-electron chi connectivity index (χ3n) is 3.88. The van der Waals surface area contributed by atoms with Crippen LogP contribution in [0.3, 0.4) is 0 Å². The summed E-state index contributed by atoms with van der Waals surface area (Å²) in [4.78, 5) is 13.0. The van der Waals surface area contributed by atoms with E-state index in [0.717, 1.165) is 19.4 Å². The zero-order valence-electron chi connectivity index (χ0n) is 11.3. The second-order valence-corrected chi connectivity index (χ2v) is 5.41. The van der Waals surface area contributed by atoms with E-state index in [9.17, 15) is 4.79 Å². The van der Waals surface area contributed by atoms with Crippen LogP contribution in [0.1, 0.15) is 23.1 Å². The van der Waals surface area contributed by atoms with E-state index in [1.54, 1.807) is 0 Å². The Bertz CT molecular complexity index is 456. The molecule has 0 aliphatic heterocycles. The molecule has 1 saturated carbocycles. The Morgan fingerprint density at radius 1 is 1.44 bits per heavy atom. The van der Waals surface area contributed by atoms with Crippen LogP contribution in [0.4, 0.5) is 0 Å². The molecule has 3 nitrogen and oxygen atoms in total. The molecular weight excluding hydrogens is 226 g/mol. The number of carboxylic acid groups (broad SMARTS) is 1. The number of likely N-dealkylation sites (N-methyl/N-ethyl adjacent to an activating group) is 1. The van der Waals surface area contributed by atoms with Crippen molar-refractivity contribution in [2.75, 3.05) is 13.6 Å². The van der Waals surface area contributed by atoms with Crippen LogP contribution < -0.4 is 0 Å². The van der Waals surface area contributed by atoms with Crippen LogP contribution in [-0.2, 0) is 11.2 Å². The topological polar surface area (TPSA) is 40.5 Å². The van der Waals surface area contributed by atoms with Crippen molar-refractivity contribution >= 4 is 5.97 Å². The van der Waals surface area contributed by atoms with Crippen molar-refractivity contribution in [2.24, 2.45) is 5.92 Å². The molecule has 0 heterocycles. The van der Waals surface area contributed by atoms with Crippen LogP contribution in [0.2, 0.25) is 0 Å². The average molecular weight is 247 g/mol. The molecule has 0 aromatic heterocycles. The largest absolute Gasteiger partial charge is 0.481 e. The van der Waals surface area contributed by atoms with Gasteiger partial charge in [0.15, 0.2) is 0 Å². The molecule has 1 aromatic rings. The fraction of sp³-hybridized carbons (Fsp3) is 0.533. The van der Waals surface area contributed by atoms with Gasteiger partial charge in [0.05, 0.1) is 5.92 Å². The molecule has 1 aliphatic rings. The highest BCUT2D eigenvalue weighted by Crippen LogP contribution is 2.35. The summed E-state index contributed by atoms with van der Waals surface area (Å²) in [5, 5.41) is 8.91. The predicted octanol–water partition coefficient (Wildman–Crippen LogP) is 2.25. The van der Waals surface area contributed by atoms with Crippen molar-refractivity contribution in [1.82, 2.24) is 4.90 Å². The van der Waals surface area contributed by atoms with Gasteiger partial charge in [-0.15, -0.1) is 0 Å². The van der Waals surface area contributed by atoms with E-state index in [1.165, 1.54) is 16.7 Å². The Hall–Kier alpha value is -1.35. The number of rotatable bonds is 5. The number of hydrogen-bond donors (Lipinski definition) is 1. The van der Waals surface area contributed by atoms with Gasteiger partial charge in [0, 0.05) is 12.6 Å².